The number of ether oxygens (including phenoxy) is 1. The summed E-state index contributed by atoms with van der Waals surface area (Å²) in [6.07, 6.45) is 1.70. The lowest BCUT2D eigenvalue weighted by atomic mass is 9.98. The minimum atomic E-state index is -0.565. The van der Waals surface area contributed by atoms with Crippen LogP contribution in [0.3, 0.4) is 0 Å². The molecule has 29 heavy (non-hydrogen) atoms. The number of hydrogen-bond donors (Lipinski definition) is 2. The molecule has 3 aromatic rings. The lowest BCUT2D eigenvalue weighted by Crippen LogP contribution is -2.44. The molecule has 0 saturated carbocycles. The molecule has 0 aliphatic carbocycles. The molecule has 1 amide bonds. The highest BCUT2D eigenvalue weighted by molar-refractivity contribution is 7.09. The van der Waals surface area contributed by atoms with Gasteiger partial charge >= 0.3 is 0 Å². The lowest BCUT2D eigenvalue weighted by molar-refractivity contribution is -0.120. The van der Waals surface area contributed by atoms with Crippen LogP contribution in [-0.4, -0.2) is 30.3 Å². The first kappa shape index (κ1) is 19.1. The van der Waals surface area contributed by atoms with Crippen LogP contribution >= 0.6 is 11.3 Å². The van der Waals surface area contributed by atoms with Crippen molar-refractivity contribution >= 4 is 28.7 Å². The molecule has 1 aliphatic heterocycles. The summed E-state index contributed by atoms with van der Waals surface area (Å²) >= 11 is 1.49. The van der Waals surface area contributed by atoms with Crippen LogP contribution in [0.25, 0.3) is 0 Å². The van der Waals surface area contributed by atoms with Gasteiger partial charge in [0, 0.05) is 28.8 Å². The van der Waals surface area contributed by atoms with Crippen molar-refractivity contribution < 1.29 is 14.3 Å². The van der Waals surface area contributed by atoms with Gasteiger partial charge in [-0.3, -0.25) is 14.6 Å². The minimum Gasteiger partial charge on any atom is -0.497 e. The van der Waals surface area contributed by atoms with Gasteiger partial charge in [-0.2, -0.15) is 0 Å². The zero-order chi connectivity index (χ0) is 20.2. The Bertz CT molecular complexity index is 1010. The van der Waals surface area contributed by atoms with Crippen molar-refractivity contribution in [3.8, 4) is 5.75 Å². The van der Waals surface area contributed by atoms with Crippen molar-refractivity contribution in [3.05, 3.63) is 76.2 Å². The largest absolute Gasteiger partial charge is 0.497 e. The molecule has 1 aliphatic rings. The fourth-order valence-corrected chi connectivity index (χ4v) is 3.79. The Hall–Kier alpha value is -3.23. The zero-order valence-electron chi connectivity index (χ0n) is 15.8. The third-order valence-corrected chi connectivity index (χ3v) is 5.45. The summed E-state index contributed by atoms with van der Waals surface area (Å²) in [7, 11) is 1.59. The molecule has 0 radical (unpaired) electrons. The predicted octanol–water partition coefficient (Wildman–Crippen LogP) is 2.72. The van der Waals surface area contributed by atoms with E-state index in [9.17, 15) is 9.59 Å². The molecule has 8 heteroatoms. The molecule has 2 aromatic carbocycles. The maximum atomic E-state index is 13.0. The molecule has 1 atom stereocenters. The lowest BCUT2D eigenvalue weighted by Gasteiger charge is -2.20. The number of amides is 1. The highest BCUT2D eigenvalue weighted by Gasteiger charge is 2.34. The molecular weight excluding hydrogens is 388 g/mol. The number of thiazole rings is 1. The van der Waals surface area contributed by atoms with E-state index in [4.69, 9.17) is 4.74 Å². The third kappa shape index (κ3) is 4.13. The van der Waals surface area contributed by atoms with Crippen LogP contribution in [0.5, 0.6) is 5.75 Å². The number of carbonyl (C=O) groups excluding carboxylic acids is 2. The van der Waals surface area contributed by atoms with E-state index in [1.54, 1.807) is 30.4 Å². The molecular formula is C21H20N4O3S. The molecule has 1 aromatic heterocycles. The highest BCUT2D eigenvalue weighted by Crippen LogP contribution is 2.37. The maximum absolute atomic E-state index is 13.0. The number of nitrogens with one attached hydrogen (secondary N) is 2. The average Bonchev–Trinajstić information content (AvgIpc) is 3.40. The Balaban J connectivity index is 1.54. The van der Waals surface area contributed by atoms with E-state index < -0.39 is 6.04 Å². The van der Waals surface area contributed by atoms with E-state index in [1.807, 2.05) is 41.8 Å². The van der Waals surface area contributed by atoms with Gasteiger partial charge in [-0.05, 0) is 6.07 Å². The van der Waals surface area contributed by atoms with Gasteiger partial charge in [0.1, 0.15) is 23.3 Å². The number of rotatable bonds is 7. The van der Waals surface area contributed by atoms with Crippen molar-refractivity contribution in [2.75, 3.05) is 18.7 Å². The molecule has 0 bridgehead atoms. The summed E-state index contributed by atoms with van der Waals surface area (Å²) in [4.78, 5) is 29.7. The van der Waals surface area contributed by atoms with E-state index in [0.717, 1.165) is 16.3 Å². The van der Waals surface area contributed by atoms with E-state index in [2.05, 4.69) is 15.7 Å². The summed E-state index contributed by atoms with van der Waals surface area (Å²) in [6.45, 7) is 0.436. The zero-order valence-corrected chi connectivity index (χ0v) is 16.6. The van der Waals surface area contributed by atoms with Gasteiger partial charge in [0.05, 0.1) is 19.3 Å². The normalized spacial score (nSPS) is 15.1. The summed E-state index contributed by atoms with van der Waals surface area (Å²) in [5, 5.41) is 7.26. The number of benzene rings is 2. The molecule has 0 spiro atoms. The van der Waals surface area contributed by atoms with Gasteiger partial charge in [-0.15, -0.1) is 11.3 Å². The Morgan fingerprint density at radius 2 is 2.07 bits per heavy atom. The van der Waals surface area contributed by atoms with E-state index in [1.165, 1.54) is 11.3 Å². The second-order valence-electron chi connectivity index (χ2n) is 6.51. The van der Waals surface area contributed by atoms with Crippen LogP contribution in [-0.2, 0) is 11.3 Å². The number of methoxy groups -OCH3 is 1. The minimum absolute atomic E-state index is 0.0530. The molecule has 0 fully saturated rings. The quantitative estimate of drug-likeness (QED) is 0.585. The van der Waals surface area contributed by atoms with Gasteiger partial charge in [0.2, 0.25) is 5.91 Å². The Morgan fingerprint density at radius 1 is 1.24 bits per heavy atom. The van der Waals surface area contributed by atoms with Crippen LogP contribution in [0.1, 0.15) is 27.0 Å². The molecule has 7 nitrogen and oxygen atoms in total. The summed E-state index contributed by atoms with van der Waals surface area (Å²) in [5.74, 6) is 0.434. The fourth-order valence-electron chi connectivity index (χ4n) is 3.24. The number of Topliss-reactive ketones (excluding diaryl/α,β-unsaturated/α-hetero) is 1. The van der Waals surface area contributed by atoms with Crippen LogP contribution < -0.4 is 20.5 Å². The number of nitrogens with zero attached hydrogens (tertiary/aromatic N) is 2. The topological polar surface area (TPSA) is 83.6 Å². The first-order valence-corrected chi connectivity index (χ1v) is 9.99. The smallest absolute Gasteiger partial charge is 0.241 e. The molecule has 2 N–H and O–H groups in total. The molecule has 148 valence electrons. The van der Waals surface area contributed by atoms with E-state index >= 15 is 0 Å². The monoisotopic (exact) mass is 408 g/mol. The Kier molecular flexibility index (Phi) is 5.55. The summed E-state index contributed by atoms with van der Waals surface area (Å²) in [5.41, 5.74) is 5.36. The van der Waals surface area contributed by atoms with Crippen LogP contribution in [0, 0.1) is 0 Å². The van der Waals surface area contributed by atoms with E-state index in [-0.39, 0.29) is 18.2 Å². The first-order chi connectivity index (χ1) is 14.2. The number of hydrogen-bond acceptors (Lipinski definition) is 7. The van der Waals surface area contributed by atoms with Crippen LogP contribution in [0.15, 0.2) is 60.1 Å². The number of aromatic nitrogens is 1. The number of carbonyl (C=O) groups is 2. The fraction of sp³-hybridized carbons (Fsp3) is 0.190. The van der Waals surface area contributed by atoms with Crippen LogP contribution in [0.4, 0.5) is 5.69 Å². The summed E-state index contributed by atoms with van der Waals surface area (Å²) in [6, 6.07) is 14.1. The Morgan fingerprint density at radius 3 is 2.79 bits per heavy atom. The standard InChI is InChI=1S/C21H20N4O3S/c1-28-15-7-8-16-17(11-15)25(13-18(26)23-12-19-22-9-10-29-19)24-20(16)21(27)14-5-3-2-4-6-14/h2-11,20,24H,12-13H2,1H3,(H,23,26). The molecule has 0 saturated heterocycles. The summed E-state index contributed by atoms with van der Waals surface area (Å²) < 4.78 is 5.32. The second kappa shape index (κ2) is 8.42. The number of hydrazine groups is 1. The van der Waals surface area contributed by atoms with Crippen molar-refractivity contribution in [1.82, 2.24) is 15.7 Å². The van der Waals surface area contributed by atoms with Crippen LogP contribution in [0.2, 0.25) is 0 Å². The van der Waals surface area contributed by atoms with Crippen molar-refractivity contribution in [1.29, 1.82) is 0 Å². The molecule has 4 rings (SSSR count). The van der Waals surface area contributed by atoms with Gasteiger partial charge < -0.3 is 10.1 Å². The predicted molar refractivity (Wildman–Crippen MR) is 111 cm³/mol. The van der Waals surface area contributed by atoms with Crippen molar-refractivity contribution in [2.24, 2.45) is 0 Å². The third-order valence-electron chi connectivity index (χ3n) is 4.67. The van der Waals surface area contributed by atoms with Gasteiger partial charge in [-0.25, -0.2) is 10.4 Å². The van der Waals surface area contributed by atoms with E-state index in [0.29, 0.717) is 17.9 Å². The average molecular weight is 408 g/mol. The van der Waals surface area contributed by atoms with Gasteiger partial charge in [-0.1, -0.05) is 36.4 Å². The molecule has 2 heterocycles. The number of ketones is 1. The number of anilines is 1. The SMILES string of the molecule is COc1ccc2c(c1)N(CC(=O)NCc1nccs1)NC2C(=O)c1ccccc1. The second-order valence-corrected chi connectivity index (χ2v) is 7.48. The highest BCUT2D eigenvalue weighted by atomic mass is 32.1. The molecule has 1 unspecified atom stereocenters. The maximum Gasteiger partial charge on any atom is 0.241 e. The first-order valence-electron chi connectivity index (χ1n) is 9.11. The Labute approximate surface area is 172 Å². The van der Waals surface area contributed by atoms with Crippen molar-refractivity contribution in [3.63, 3.8) is 0 Å². The van der Waals surface area contributed by atoms with Gasteiger partial charge in [0.15, 0.2) is 5.78 Å². The number of fused-ring (bicyclic) bond motifs is 1. The van der Waals surface area contributed by atoms with Crippen molar-refractivity contribution in [2.45, 2.75) is 12.6 Å². The van der Waals surface area contributed by atoms with Gasteiger partial charge in [0.25, 0.3) is 0 Å².